The van der Waals surface area contributed by atoms with Crippen molar-refractivity contribution in [3.8, 4) is 5.75 Å². The molecular weight excluding hydrogens is 403 g/mol. The van der Waals surface area contributed by atoms with Crippen molar-refractivity contribution >= 4 is 23.2 Å². The van der Waals surface area contributed by atoms with Crippen molar-refractivity contribution in [1.29, 1.82) is 0 Å². The molecule has 1 aromatic carbocycles. The first kappa shape index (κ1) is 22.1. The second-order valence-electron chi connectivity index (χ2n) is 8.01. The molecule has 0 saturated carbocycles. The van der Waals surface area contributed by atoms with E-state index in [0.29, 0.717) is 28.5 Å². The van der Waals surface area contributed by atoms with Crippen molar-refractivity contribution < 1.29 is 18.7 Å². The highest BCUT2D eigenvalue weighted by Gasteiger charge is 2.17. The van der Waals surface area contributed by atoms with Crippen LogP contribution in [-0.4, -0.2) is 39.4 Å². The average molecular weight is 430 g/mol. The van der Waals surface area contributed by atoms with E-state index in [4.69, 9.17) is 15.2 Å². The van der Waals surface area contributed by atoms with E-state index in [1.165, 1.54) is 18.3 Å². The number of alkyl carbamates (subject to hydrolysis) is 1. The molecular formula is C21H27FN6O3. The van der Waals surface area contributed by atoms with Crippen LogP contribution in [0.25, 0.3) is 5.65 Å². The van der Waals surface area contributed by atoms with E-state index in [0.717, 1.165) is 0 Å². The number of carbonyl (C=O) groups excluding carboxylic acids is 1. The summed E-state index contributed by atoms with van der Waals surface area (Å²) in [6.45, 7) is 7.67. The maximum absolute atomic E-state index is 13.9. The maximum atomic E-state index is 13.9. The summed E-state index contributed by atoms with van der Waals surface area (Å²) < 4.78 is 26.4. The number of anilines is 2. The molecule has 0 aliphatic rings. The average Bonchev–Trinajstić information content (AvgIpc) is 3.05. The molecule has 1 atom stereocenters. The van der Waals surface area contributed by atoms with E-state index in [-0.39, 0.29) is 25.0 Å². The van der Waals surface area contributed by atoms with Gasteiger partial charge in [0.1, 0.15) is 29.6 Å². The predicted molar refractivity (Wildman–Crippen MR) is 116 cm³/mol. The molecule has 10 heteroatoms. The van der Waals surface area contributed by atoms with Gasteiger partial charge in [-0.3, -0.25) is 0 Å². The molecule has 2 heterocycles. The zero-order valence-corrected chi connectivity index (χ0v) is 18.0. The fourth-order valence-corrected chi connectivity index (χ4v) is 2.88. The summed E-state index contributed by atoms with van der Waals surface area (Å²) in [6, 6.07) is 5.72. The van der Waals surface area contributed by atoms with Crippen molar-refractivity contribution in [1.82, 2.24) is 19.9 Å². The summed E-state index contributed by atoms with van der Waals surface area (Å²) in [4.78, 5) is 16.2. The third-order valence-corrected chi connectivity index (χ3v) is 4.23. The van der Waals surface area contributed by atoms with Gasteiger partial charge in [0, 0.05) is 11.8 Å². The number of ether oxygens (including phenoxy) is 2. The van der Waals surface area contributed by atoms with Crippen molar-refractivity contribution in [2.75, 3.05) is 24.2 Å². The summed E-state index contributed by atoms with van der Waals surface area (Å²) in [5.74, 6) is 0.678. The molecule has 0 fully saturated rings. The van der Waals surface area contributed by atoms with Gasteiger partial charge in [0.25, 0.3) is 0 Å². The van der Waals surface area contributed by atoms with Gasteiger partial charge >= 0.3 is 6.09 Å². The van der Waals surface area contributed by atoms with Crippen LogP contribution in [0.2, 0.25) is 0 Å². The molecule has 1 amide bonds. The lowest BCUT2D eigenvalue weighted by molar-refractivity contribution is 0.0520. The van der Waals surface area contributed by atoms with Gasteiger partial charge in [-0.05, 0) is 52.0 Å². The van der Waals surface area contributed by atoms with Crippen molar-refractivity contribution in [3.05, 3.63) is 48.0 Å². The van der Waals surface area contributed by atoms with Gasteiger partial charge < -0.3 is 25.8 Å². The second kappa shape index (κ2) is 9.07. The lowest BCUT2D eigenvalue weighted by atomic mass is 10.1. The minimum absolute atomic E-state index is 0.196. The molecule has 0 saturated heterocycles. The Morgan fingerprint density at radius 2 is 2.10 bits per heavy atom. The maximum Gasteiger partial charge on any atom is 0.407 e. The van der Waals surface area contributed by atoms with Gasteiger partial charge in [0.2, 0.25) is 0 Å². The fraction of sp³-hybridized carbons (Fsp3) is 0.381. The Hall–Kier alpha value is -3.56. The topological polar surface area (TPSA) is 116 Å². The van der Waals surface area contributed by atoms with Crippen LogP contribution >= 0.6 is 0 Å². The highest BCUT2D eigenvalue weighted by molar-refractivity contribution is 5.67. The molecule has 4 N–H and O–H groups in total. The van der Waals surface area contributed by atoms with Crippen molar-refractivity contribution in [2.24, 2.45) is 0 Å². The Morgan fingerprint density at radius 3 is 2.84 bits per heavy atom. The second-order valence-corrected chi connectivity index (χ2v) is 8.01. The minimum atomic E-state index is -0.575. The Morgan fingerprint density at radius 1 is 1.32 bits per heavy atom. The summed E-state index contributed by atoms with van der Waals surface area (Å²) in [7, 11) is 0. The van der Waals surface area contributed by atoms with Crippen molar-refractivity contribution in [2.45, 2.75) is 39.3 Å². The summed E-state index contributed by atoms with van der Waals surface area (Å²) in [5, 5.41) is 9.94. The van der Waals surface area contributed by atoms with Gasteiger partial charge in [0.15, 0.2) is 5.65 Å². The van der Waals surface area contributed by atoms with E-state index in [1.807, 2.05) is 6.92 Å². The Bertz CT molecular complexity index is 1060. The number of nitrogens with zero attached hydrogens (tertiary/aromatic N) is 3. The molecule has 166 valence electrons. The van der Waals surface area contributed by atoms with Crippen molar-refractivity contribution in [3.63, 3.8) is 0 Å². The van der Waals surface area contributed by atoms with Crippen LogP contribution in [-0.2, 0) is 4.74 Å². The number of hydrogen-bond acceptors (Lipinski definition) is 7. The molecule has 31 heavy (non-hydrogen) atoms. The number of nitrogen functional groups attached to an aromatic ring is 1. The largest absolute Gasteiger partial charge is 0.491 e. The van der Waals surface area contributed by atoms with Gasteiger partial charge in [-0.2, -0.15) is 5.10 Å². The number of aromatic nitrogens is 3. The van der Waals surface area contributed by atoms with Crippen LogP contribution in [0.5, 0.6) is 5.75 Å². The molecule has 3 aromatic rings. The molecule has 0 unspecified atom stereocenters. The summed E-state index contributed by atoms with van der Waals surface area (Å²) in [6.07, 6.45) is 2.74. The zero-order chi connectivity index (χ0) is 22.6. The zero-order valence-electron chi connectivity index (χ0n) is 18.0. The Labute approximate surface area is 179 Å². The van der Waals surface area contributed by atoms with E-state index in [2.05, 4.69) is 20.7 Å². The van der Waals surface area contributed by atoms with Crippen LogP contribution in [0.3, 0.4) is 0 Å². The van der Waals surface area contributed by atoms with E-state index >= 15 is 0 Å². The number of amides is 1. The molecule has 0 radical (unpaired) electrons. The number of nitrogens with two attached hydrogens (primary N) is 1. The molecule has 0 bridgehead atoms. The van der Waals surface area contributed by atoms with E-state index in [1.54, 1.807) is 43.6 Å². The van der Waals surface area contributed by atoms with Crippen LogP contribution in [0.4, 0.5) is 20.7 Å². The fourth-order valence-electron chi connectivity index (χ4n) is 2.88. The lowest BCUT2D eigenvalue weighted by Gasteiger charge is -2.21. The lowest BCUT2D eigenvalue weighted by Crippen LogP contribution is -2.34. The third-order valence-electron chi connectivity index (χ3n) is 4.23. The van der Waals surface area contributed by atoms with Crippen LogP contribution < -0.4 is 21.1 Å². The Kier molecular flexibility index (Phi) is 6.47. The SMILES string of the molecule is C[C@@H](Nc1ccn2ncc(N)c2n1)c1cc(F)ccc1OCCNC(=O)OC(C)(C)C. The molecule has 0 spiro atoms. The van der Waals surface area contributed by atoms with Gasteiger partial charge in [-0.1, -0.05) is 0 Å². The number of nitrogens with one attached hydrogen (secondary N) is 2. The molecule has 0 aliphatic carbocycles. The highest BCUT2D eigenvalue weighted by atomic mass is 19.1. The first-order valence-corrected chi connectivity index (χ1v) is 9.88. The smallest absolute Gasteiger partial charge is 0.407 e. The number of hydrogen-bond donors (Lipinski definition) is 3. The van der Waals surface area contributed by atoms with Gasteiger partial charge in [0.05, 0.1) is 24.5 Å². The van der Waals surface area contributed by atoms with Gasteiger partial charge in [-0.25, -0.2) is 18.7 Å². The van der Waals surface area contributed by atoms with E-state index in [9.17, 15) is 9.18 Å². The highest BCUT2D eigenvalue weighted by Crippen LogP contribution is 2.28. The number of benzene rings is 1. The number of fused-ring (bicyclic) bond motifs is 1. The summed E-state index contributed by atoms with van der Waals surface area (Å²) in [5.41, 5.74) is 6.90. The van der Waals surface area contributed by atoms with Gasteiger partial charge in [-0.15, -0.1) is 0 Å². The molecule has 0 aliphatic heterocycles. The Balaban J connectivity index is 1.64. The minimum Gasteiger partial charge on any atom is -0.491 e. The third kappa shape index (κ3) is 5.97. The monoisotopic (exact) mass is 430 g/mol. The molecule has 3 rings (SSSR count). The summed E-state index contributed by atoms with van der Waals surface area (Å²) >= 11 is 0. The van der Waals surface area contributed by atoms with Crippen LogP contribution in [0.1, 0.15) is 39.3 Å². The molecule has 9 nitrogen and oxygen atoms in total. The normalized spacial score (nSPS) is 12.4. The quantitative estimate of drug-likeness (QED) is 0.491. The number of rotatable bonds is 7. The standard InChI is InChI=1S/C21H27FN6O3/c1-13(26-18-7-9-28-19(27-18)16(23)12-25-28)15-11-14(22)5-6-17(15)30-10-8-24-20(29)31-21(2,3)4/h5-7,9,11-13H,8,10,23H2,1-4H3,(H,24,29)(H,26,27)/t13-/m1/s1. The number of carbonyl (C=O) groups is 1. The first-order valence-electron chi connectivity index (χ1n) is 9.88. The first-order chi connectivity index (χ1) is 14.6. The van der Waals surface area contributed by atoms with E-state index < -0.39 is 11.7 Å². The predicted octanol–water partition coefficient (Wildman–Crippen LogP) is 3.53. The van der Waals surface area contributed by atoms with Crippen LogP contribution in [0.15, 0.2) is 36.7 Å². The number of halogens is 1. The van der Waals surface area contributed by atoms with Crippen LogP contribution in [0, 0.1) is 5.82 Å². The molecule has 2 aromatic heterocycles.